The lowest BCUT2D eigenvalue weighted by Gasteiger charge is -2.34. The van der Waals surface area contributed by atoms with Gasteiger partial charge in [-0.05, 0) is 50.2 Å². The minimum absolute atomic E-state index is 0.406. The Bertz CT molecular complexity index is 1180. The van der Waals surface area contributed by atoms with Gasteiger partial charge in [-0.2, -0.15) is 9.97 Å². The molecular formula is C23H28N6O. The van der Waals surface area contributed by atoms with Crippen molar-refractivity contribution in [2.75, 3.05) is 11.9 Å². The minimum Gasteiger partial charge on any atom is -0.477 e. The van der Waals surface area contributed by atoms with Crippen LogP contribution in [0.3, 0.4) is 0 Å². The third-order valence-corrected chi connectivity index (χ3v) is 6.15. The van der Waals surface area contributed by atoms with Crippen LogP contribution in [-0.4, -0.2) is 37.0 Å². The van der Waals surface area contributed by atoms with Crippen molar-refractivity contribution >= 4 is 22.6 Å². The van der Waals surface area contributed by atoms with E-state index in [9.17, 15) is 0 Å². The van der Waals surface area contributed by atoms with Crippen LogP contribution in [0, 0.1) is 5.41 Å². The number of H-pyrrole nitrogens is 1. The summed E-state index contributed by atoms with van der Waals surface area (Å²) in [7, 11) is 0. The summed E-state index contributed by atoms with van der Waals surface area (Å²) in [6, 6.07) is 4.48. The Hall–Kier alpha value is -3.09. The first-order valence-electron chi connectivity index (χ1n) is 10.7. The number of aromatic amines is 1. The van der Waals surface area contributed by atoms with Gasteiger partial charge in [0.15, 0.2) is 0 Å². The molecule has 4 aromatic heterocycles. The summed E-state index contributed by atoms with van der Waals surface area (Å²) in [6.45, 7) is 7.23. The van der Waals surface area contributed by atoms with Crippen LogP contribution in [0.2, 0.25) is 0 Å². The molecule has 0 spiro atoms. The fraction of sp³-hybridized carbons (Fsp3) is 0.435. The highest BCUT2D eigenvalue weighted by atomic mass is 16.5. The predicted molar refractivity (Wildman–Crippen MR) is 119 cm³/mol. The van der Waals surface area contributed by atoms with Gasteiger partial charge < -0.3 is 19.4 Å². The first-order chi connectivity index (χ1) is 14.5. The Morgan fingerprint density at radius 2 is 2.07 bits per heavy atom. The van der Waals surface area contributed by atoms with E-state index in [1.165, 1.54) is 12.8 Å². The second kappa shape index (κ2) is 7.31. The molecule has 156 valence electrons. The van der Waals surface area contributed by atoms with Crippen molar-refractivity contribution in [3.8, 4) is 17.0 Å². The van der Waals surface area contributed by atoms with Gasteiger partial charge in [0.1, 0.15) is 11.3 Å². The van der Waals surface area contributed by atoms with E-state index in [4.69, 9.17) is 14.7 Å². The number of aromatic nitrogens is 5. The summed E-state index contributed by atoms with van der Waals surface area (Å²) >= 11 is 0. The molecule has 7 heteroatoms. The second-order valence-electron chi connectivity index (χ2n) is 8.90. The Morgan fingerprint density at radius 3 is 2.87 bits per heavy atom. The van der Waals surface area contributed by atoms with Gasteiger partial charge in [0.2, 0.25) is 11.8 Å². The number of nitrogens with zero attached hydrogens (tertiary/aromatic N) is 4. The van der Waals surface area contributed by atoms with E-state index in [1.54, 1.807) is 6.20 Å². The minimum atomic E-state index is 0.406. The van der Waals surface area contributed by atoms with Gasteiger partial charge in [0, 0.05) is 42.0 Å². The molecule has 0 atom stereocenters. The molecule has 0 unspecified atom stereocenters. The molecule has 0 saturated heterocycles. The number of fused-ring (bicyclic) bond motifs is 2. The number of rotatable bonds is 5. The molecule has 4 aromatic rings. The van der Waals surface area contributed by atoms with Gasteiger partial charge in [0.05, 0.1) is 12.0 Å². The van der Waals surface area contributed by atoms with Crippen LogP contribution in [0.1, 0.15) is 46.5 Å². The summed E-state index contributed by atoms with van der Waals surface area (Å²) in [5, 5.41) is 4.45. The summed E-state index contributed by atoms with van der Waals surface area (Å²) in [6.07, 6.45) is 12.5. The molecule has 0 aliphatic heterocycles. The van der Waals surface area contributed by atoms with Gasteiger partial charge in [0.25, 0.3) is 0 Å². The summed E-state index contributed by atoms with van der Waals surface area (Å²) in [5.41, 5.74) is 4.22. The Balaban J connectivity index is 1.50. The van der Waals surface area contributed by atoms with Crippen molar-refractivity contribution in [2.24, 2.45) is 5.41 Å². The standard InChI is InChI=1S/C23H28N6O/c1-4-30-21-19-17(15-5-6-18-24-11-12-29(18)14-15)13-25-20(19)27-22(28-21)26-16-7-9-23(2,3)10-8-16/h5-6,11-14,16H,4,7-10H2,1-3H3,(H2,25,26,27,28). The van der Waals surface area contributed by atoms with Crippen molar-refractivity contribution in [1.29, 1.82) is 0 Å². The maximum absolute atomic E-state index is 5.94. The maximum atomic E-state index is 5.94. The van der Waals surface area contributed by atoms with Crippen LogP contribution >= 0.6 is 0 Å². The zero-order valence-corrected chi connectivity index (χ0v) is 17.8. The fourth-order valence-electron chi connectivity index (χ4n) is 4.34. The molecule has 4 heterocycles. The third kappa shape index (κ3) is 3.49. The smallest absolute Gasteiger partial charge is 0.228 e. The van der Waals surface area contributed by atoms with Crippen LogP contribution < -0.4 is 10.1 Å². The zero-order chi connectivity index (χ0) is 20.7. The summed E-state index contributed by atoms with van der Waals surface area (Å²) < 4.78 is 7.95. The molecule has 0 bridgehead atoms. The molecule has 1 fully saturated rings. The van der Waals surface area contributed by atoms with Crippen molar-refractivity contribution in [2.45, 2.75) is 52.5 Å². The predicted octanol–water partition coefficient (Wildman–Crippen LogP) is 5.05. The van der Waals surface area contributed by atoms with E-state index < -0.39 is 0 Å². The van der Waals surface area contributed by atoms with Gasteiger partial charge in [-0.3, -0.25) is 0 Å². The van der Waals surface area contributed by atoms with Gasteiger partial charge in [-0.1, -0.05) is 13.8 Å². The number of hydrogen-bond acceptors (Lipinski definition) is 5. The lowest BCUT2D eigenvalue weighted by molar-refractivity contribution is 0.232. The van der Waals surface area contributed by atoms with Crippen LogP contribution in [0.5, 0.6) is 5.88 Å². The number of ether oxygens (including phenoxy) is 1. The molecule has 7 nitrogen and oxygen atoms in total. The molecular weight excluding hydrogens is 376 g/mol. The van der Waals surface area contributed by atoms with Gasteiger partial charge >= 0.3 is 0 Å². The molecule has 0 amide bonds. The lowest BCUT2D eigenvalue weighted by atomic mass is 9.76. The first kappa shape index (κ1) is 18.9. The van der Waals surface area contributed by atoms with E-state index >= 15 is 0 Å². The Labute approximate surface area is 175 Å². The molecule has 1 saturated carbocycles. The second-order valence-corrected chi connectivity index (χ2v) is 8.90. The Morgan fingerprint density at radius 1 is 1.23 bits per heavy atom. The zero-order valence-electron chi connectivity index (χ0n) is 17.8. The van der Waals surface area contributed by atoms with E-state index in [1.807, 2.05) is 29.8 Å². The van der Waals surface area contributed by atoms with E-state index in [2.05, 4.69) is 41.4 Å². The fourth-order valence-corrected chi connectivity index (χ4v) is 4.34. The quantitative estimate of drug-likeness (QED) is 0.486. The summed E-state index contributed by atoms with van der Waals surface area (Å²) in [4.78, 5) is 17.2. The van der Waals surface area contributed by atoms with E-state index in [0.29, 0.717) is 29.9 Å². The SMILES string of the molecule is CCOc1nc(NC2CCC(C)(C)CC2)nc2[nH]cc(-c3ccc4nccn4c3)c12. The highest BCUT2D eigenvalue weighted by molar-refractivity contribution is 5.97. The molecule has 0 aromatic carbocycles. The van der Waals surface area contributed by atoms with Gasteiger partial charge in [-0.25, -0.2) is 4.98 Å². The van der Waals surface area contributed by atoms with E-state index in [0.717, 1.165) is 40.6 Å². The van der Waals surface area contributed by atoms with Crippen molar-refractivity contribution in [3.05, 3.63) is 36.9 Å². The normalized spacial score (nSPS) is 16.9. The number of imidazole rings is 1. The number of pyridine rings is 1. The number of anilines is 1. The maximum Gasteiger partial charge on any atom is 0.228 e. The molecule has 5 rings (SSSR count). The molecule has 2 N–H and O–H groups in total. The largest absolute Gasteiger partial charge is 0.477 e. The monoisotopic (exact) mass is 404 g/mol. The molecule has 1 aliphatic rings. The average molecular weight is 405 g/mol. The molecule has 0 radical (unpaired) electrons. The van der Waals surface area contributed by atoms with Crippen molar-refractivity contribution in [1.82, 2.24) is 24.3 Å². The van der Waals surface area contributed by atoms with Crippen molar-refractivity contribution < 1.29 is 4.74 Å². The highest BCUT2D eigenvalue weighted by Gasteiger charge is 2.27. The highest BCUT2D eigenvalue weighted by Crippen LogP contribution is 2.37. The third-order valence-electron chi connectivity index (χ3n) is 6.15. The summed E-state index contributed by atoms with van der Waals surface area (Å²) in [5.74, 6) is 1.25. The van der Waals surface area contributed by atoms with Crippen LogP contribution in [0.4, 0.5) is 5.95 Å². The molecule has 30 heavy (non-hydrogen) atoms. The van der Waals surface area contributed by atoms with Crippen LogP contribution in [-0.2, 0) is 0 Å². The average Bonchev–Trinajstić information content (AvgIpc) is 3.36. The van der Waals surface area contributed by atoms with E-state index in [-0.39, 0.29) is 0 Å². The molecule has 1 aliphatic carbocycles. The number of hydrogen-bond donors (Lipinski definition) is 2. The topological polar surface area (TPSA) is 80.1 Å². The number of nitrogens with one attached hydrogen (secondary N) is 2. The van der Waals surface area contributed by atoms with Gasteiger partial charge in [-0.15, -0.1) is 0 Å². The first-order valence-corrected chi connectivity index (χ1v) is 10.7. The Kier molecular flexibility index (Phi) is 4.60. The van der Waals surface area contributed by atoms with Crippen LogP contribution in [0.15, 0.2) is 36.9 Å². The van der Waals surface area contributed by atoms with Crippen LogP contribution in [0.25, 0.3) is 27.8 Å². The lowest BCUT2D eigenvalue weighted by Crippen LogP contribution is -2.30. The van der Waals surface area contributed by atoms with Crippen molar-refractivity contribution in [3.63, 3.8) is 0 Å².